The Labute approximate surface area is 164 Å². The lowest BCUT2D eigenvalue weighted by Crippen LogP contribution is -2.33. The van der Waals surface area contributed by atoms with E-state index in [1.165, 1.54) is 18.4 Å². The number of hydrogen-bond donors (Lipinski definition) is 0. The van der Waals surface area contributed by atoms with Crippen LogP contribution in [0.1, 0.15) is 48.4 Å². The minimum Gasteiger partial charge on any atom is -0.342 e. The van der Waals surface area contributed by atoms with Crippen molar-refractivity contribution in [1.29, 1.82) is 0 Å². The van der Waals surface area contributed by atoms with Crippen molar-refractivity contribution in [2.24, 2.45) is 5.41 Å². The fraction of sp³-hybridized carbons (Fsp3) is 0.455. The second kappa shape index (κ2) is 6.69. The number of nitrogens with zero attached hydrogens (tertiary/aromatic N) is 5. The molecule has 1 saturated heterocycles. The van der Waals surface area contributed by atoms with Crippen molar-refractivity contribution < 1.29 is 4.79 Å². The maximum Gasteiger partial charge on any atom is 0.226 e. The zero-order valence-electron chi connectivity index (χ0n) is 16.2. The average molecular weight is 375 g/mol. The number of carbonyl (C=O) groups is 1. The van der Waals surface area contributed by atoms with Crippen molar-refractivity contribution in [3.8, 4) is 0 Å². The second-order valence-corrected chi connectivity index (χ2v) is 8.41. The molecule has 1 amide bonds. The molecule has 0 radical (unpaired) electrons. The molecule has 2 fully saturated rings. The van der Waals surface area contributed by atoms with Gasteiger partial charge in [0.15, 0.2) is 5.65 Å². The molecule has 0 N–H and O–H groups in total. The Balaban J connectivity index is 1.25. The van der Waals surface area contributed by atoms with Crippen LogP contribution in [0.3, 0.4) is 0 Å². The quantitative estimate of drug-likeness (QED) is 0.705. The Bertz CT molecular complexity index is 1030. The number of amides is 1. The van der Waals surface area contributed by atoms with Crippen LogP contribution in [0, 0.1) is 12.3 Å². The van der Waals surface area contributed by atoms with Crippen molar-refractivity contribution in [1.82, 2.24) is 24.7 Å². The molecule has 3 heterocycles. The molecule has 5 rings (SSSR count). The van der Waals surface area contributed by atoms with Gasteiger partial charge in [-0.3, -0.25) is 4.79 Å². The van der Waals surface area contributed by atoms with Gasteiger partial charge in [0.25, 0.3) is 0 Å². The van der Waals surface area contributed by atoms with Gasteiger partial charge in [0.05, 0.1) is 12.1 Å². The van der Waals surface area contributed by atoms with Crippen molar-refractivity contribution in [2.45, 2.75) is 44.9 Å². The van der Waals surface area contributed by atoms with Crippen LogP contribution >= 0.6 is 0 Å². The highest BCUT2D eigenvalue weighted by molar-refractivity contribution is 5.78. The molecule has 0 bridgehead atoms. The lowest BCUT2D eigenvalue weighted by Gasteiger charge is -2.21. The fourth-order valence-corrected chi connectivity index (χ4v) is 4.82. The molecule has 6 nitrogen and oxygen atoms in total. The smallest absolute Gasteiger partial charge is 0.226 e. The second-order valence-electron chi connectivity index (χ2n) is 8.41. The molecule has 1 aromatic carbocycles. The average Bonchev–Trinajstić information content (AvgIpc) is 3.28. The molecular weight excluding hydrogens is 350 g/mol. The van der Waals surface area contributed by atoms with Crippen molar-refractivity contribution in [3.05, 3.63) is 59.5 Å². The first kappa shape index (κ1) is 17.3. The van der Waals surface area contributed by atoms with Crippen molar-refractivity contribution in [3.63, 3.8) is 0 Å². The van der Waals surface area contributed by atoms with Crippen LogP contribution in [-0.4, -0.2) is 43.7 Å². The molecule has 3 aromatic rings. The van der Waals surface area contributed by atoms with Gasteiger partial charge >= 0.3 is 0 Å². The Kier molecular flexibility index (Phi) is 4.14. The zero-order valence-corrected chi connectivity index (χ0v) is 16.2. The summed E-state index contributed by atoms with van der Waals surface area (Å²) in [6.07, 6.45) is 6.65. The molecule has 2 unspecified atom stereocenters. The molecule has 144 valence electrons. The third-order valence-electron chi connectivity index (χ3n) is 6.50. The summed E-state index contributed by atoms with van der Waals surface area (Å²) in [7, 11) is 0. The monoisotopic (exact) mass is 375 g/mol. The summed E-state index contributed by atoms with van der Waals surface area (Å²) in [5, 5.41) is 12.7. The standard InChI is InChI=1S/C22H25N5O/c1-16-4-2-5-17(12-16)13-21(28)26-10-3-8-22(9-11-26)14-18(22)19-6-7-20-24-23-15-27(20)25-19/h2,4-7,12,15,18H,3,8-11,13-14H2,1H3. The maximum atomic E-state index is 12.8. The van der Waals surface area contributed by atoms with Gasteiger partial charge in [-0.05, 0) is 55.7 Å². The summed E-state index contributed by atoms with van der Waals surface area (Å²) >= 11 is 0. The van der Waals surface area contributed by atoms with Gasteiger partial charge in [0, 0.05) is 19.0 Å². The molecule has 2 aromatic heterocycles. The number of aromatic nitrogens is 4. The summed E-state index contributed by atoms with van der Waals surface area (Å²) in [5.41, 5.74) is 4.55. The Morgan fingerprint density at radius 2 is 2.14 bits per heavy atom. The topological polar surface area (TPSA) is 63.4 Å². The lowest BCUT2D eigenvalue weighted by molar-refractivity contribution is -0.130. The summed E-state index contributed by atoms with van der Waals surface area (Å²) < 4.78 is 1.76. The third-order valence-corrected chi connectivity index (χ3v) is 6.50. The molecule has 1 aliphatic heterocycles. The summed E-state index contributed by atoms with van der Waals surface area (Å²) in [4.78, 5) is 14.9. The largest absolute Gasteiger partial charge is 0.342 e. The highest BCUT2D eigenvalue weighted by atomic mass is 16.2. The molecule has 2 aliphatic rings. The first-order valence-electron chi connectivity index (χ1n) is 10.1. The van der Waals surface area contributed by atoms with Crippen LogP contribution in [0.2, 0.25) is 0 Å². The van der Waals surface area contributed by atoms with Crippen molar-refractivity contribution in [2.75, 3.05) is 13.1 Å². The first-order chi connectivity index (χ1) is 13.6. The van der Waals surface area contributed by atoms with Gasteiger partial charge < -0.3 is 4.90 Å². The first-order valence-corrected chi connectivity index (χ1v) is 10.1. The number of likely N-dealkylation sites (tertiary alicyclic amines) is 1. The molecule has 2 atom stereocenters. The molecular formula is C22H25N5O. The van der Waals surface area contributed by atoms with E-state index in [4.69, 9.17) is 5.10 Å². The van der Waals surface area contributed by atoms with Crippen LogP contribution in [0.5, 0.6) is 0 Å². The van der Waals surface area contributed by atoms with Gasteiger partial charge in [-0.2, -0.15) is 5.10 Å². The molecule has 6 heteroatoms. The van der Waals surface area contributed by atoms with Gasteiger partial charge in [-0.1, -0.05) is 29.8 Å². The highest BCUT2D eigenvalue weighted by Gasteiger charge is 2.55. The van der Waals surface area contributed by atoms with Crippen LogP contribution in [0.15, 0.2) is 42.7 Å². The highest BCUT2D eigenvalue weighted by Crippen LogP contribution is 2.64. The Morgan fingerprint density at radius 1 is 1.21 bits per heavy atom. The van der Waals surface area contributed by atoms with Crippen LogP contribution in [0.25, 0.3) is 5.65 Å². The Hall–Kier alpha value is -2.76. The molecule has 28 heavy (non-hydrogen) atoms. The van der Waals surface area contributed by atoms with Crippen molar-refractivity contribution >= 4 is 11.6 Å². The van der Waals surface area contributed by atoms with E-state index < -0.39 is 0 Å². The molecule has 1 saturated carbocycles. The van der Waals surface area contributed by atoms with E-state index in [1.807, 2.05) is 18.2 Å². The van der Waals surface area contributed by atoms with Gasteiger partial charge in [-0.15, -0.1) is 10.2 Å². The van der Waals surface area contributed by atoms with E-state index in [-0.39, 0.29) is 5.91 Å². The third kappa shape index (κ3) is 3.17. The summed E-state index contributed by atoms with van der Waals surface area (Å²) in [5.74, 6) is 0.745. The minimum absolute atomic E-state index is 0.254. The van der Waals surface area contributed by atoms with Gasteiger partial charge in [0.1, 0.15) is 6.33 Å². The lowest BCUT2D eigenvalue weighted by atomic mass is 9.93. The normalized spacial score (nSPS) is 24.5. The summed E-state index contributed by atoms with van der Waals surface area (Å²) in [6.45, 7) is 3.80. The number of benzene rings is 1. The zero-order chi connectivity index (χ0) is 19.1. The number of fused-ring (bicyclic) bond motifs is 1. The fourth-order valence-electron chi connectivity index (χ4n) is 4.82. The van der Waals surface area contributed by atoms with E-state index in [0.717, 1.165) is 42.8 Å². The van der Waals surface area contributed by atoms with E-state index >= 15 is 0 Å². The van der Waals surface area contributed by atoms with Gasteiger partial charge in [-0.25, -0.2) is 4.52 Å². The SMILES string of the molecule is Cc1cccc(CC(=O)N2CCCC3(CC2)CC3c2ccc3nncn3n2)c1. The Morgan fingerprint density at radius 3 is 3.04 bits per heavy atom. The van der Waals surface area contributed by atoms with Crippen LogP contribution < -0.4 is 0 Å². The van der Waals surface area contributed by atoms with Crippen LogP contribution in [0.4, 0.5) is 0 Å². The number of hydrogen-bond acceptors (Lipinski definition) is 4. The van der Waals surface area contributed by atoms with Gasteiger partial charge in [0.2, 0.25) is 5.91 Å². The molecule has 1 spiro atoms. The minimum atomic E-state index is 0.254. The van der Waals surface area contributed by atoms with E-state index in [1.54, 1.807) is 10.8 Å². The summed E-state index contributed by atoms with van der Waals surface area (Å²) in [6, 6.07) is 12.4. The predicted octanol–water partition coefficient (Wildman–Crippen LogP) is 3.16. The maximum absolute atomic E-state index is 12.8. The van der Waals surface area contributed by atoms with E-state index in [9.17, 15) is 4.79 Å². The number of rotatable bonds is 3. The van der Waals surface area contributed by atoms with E-state index in [0.29, 0.717) is 17.8 Å². The van der Waals surface area contributed by atoms with E-state index in [2.05, 4.69) is 40.2 Å². The van der Waals surface area contributed by atoms with Crippen LogP contribution in [-0.2, 0) is 11.2 Å². The molecule has 1 aliphatic carbocycles. The number of carbonyl (C=O) groups excluding carboxylic acids is 1. The number of aryl methyl sites for hydroxylation is 1. The predicted molar refractivity (Wildman–Crippen MR) is 106 cm³/mol.